The van der Waals surface area contributed by atoms with E-state index in [0.29, 0.717) is 24.5 Å². The van der Waals surface area contributed by atoms with Gasteiger partial charge in [0.1, 0.15) is 23.7 Å². The molecule has 1 unspecified atom stereocenters. The number of nitrogens with one attached hydrogen (secondary N) is 4. The molecule has 4 amide bonds. The molecule has 4 aromatic rings. The Morgan fingerprint density at radius 2 is 0.982 bits per heavy atom. The highest BCUT2D eigenvalue weighted by Gasteiger charge is 2.42. The number of aliphatic hydroxyl groups is 2. The van der Waals surface area contributed by atoms with Crippen LogP contribution in [0.4, 0.5) is 9.59 Å². The van der Waals surface area contributed by atoms with Gasteiger partial charge in [0.05, 0.1) is 62.3 Å². The zero-order valence-electron chi connectivity index (χ0n) is 32.4. The predicted octanol–water partition coefficient (Wildman–Crippen LogP) is 4.16. The van der Waals surface area contributed by atoms with Crippen LogP contribution >= 0.6 is 0 Å². The first kappa shape index (κ1) is 39.9. The van der Waals surface area contributed by atoms with Crippen molar-refractivity contribution in [3.05, 3.63) is 72.6 Å². The van der Waals surface area contributed by atoms with Crippen molar-refractivity contribution >= 4 is 24.0 Å². The minimum absolute atomic E-state index is 0.126. The van der Waals surface area contributed by atoms with Gasteiger partial charge in [-0.1, -0.05) is 76.2 Å². The number of H-pyrrole nitrogens is 2. The maximum Gasteiger partial charge on any atom is 0.407 e. The van der Waals surface area contributed by atoms with E-state index in [1.165, 1.54) is 14.2 Å². The number of benzene rings is 2. The number of aromatic amines is 2. The largest absolute Gasteiger partial charge is 0.453 e. The van der Waals surface area contributed by atoms with Crippen LogP contribution in [0.25, 0.3) is 33.6 Å². The summed E-state index contributed by atoms with van der Waals surface area (Å²) in [6, 6.07) is 13.4. The van der Waals surface area contributed by atoms with E-state index in [1.54, 1.807) is 22.2 Å². The number of hydrogen-bond acceptors (Lipinski definition) is 10. The van der Waals surface area contributed by atoms with Crippen LogP contribution in [0.15, 0.2) is 60.9 Å². The summed E-state index contributed by atoms with van der Waals surface area (Å²) in [5, 5.41) is 26.3. The molecule has 0 bridgehead atoms. The third kappa shape index (κ3) is 8.55. The lowest BCUT2D eigenvalue weighted by atomic mass is 10.0. The van der Waals surface area contributed by atoms with Gasteiger partial charge in [-0.2, -0.15) is 0 Å². The molecule has 4 heterocycles. The monoisotopic (exact) mass is 770 g/mol. The predicted molar refractivity (Wildman–Crippen MR) is 206 cm³/mol. The molecular weight excluding hydrogens is 720 g/mol. The molecule has 16 heteroatoms. The molecule has 0 radical (unpaired) electrons. The number of methoxy groups -OCH3 is 2. The Kier molecular flexibility index (Phi) is 12.1. The number of amides is 4. The summed E-state index contributed by atoms with van der Waals surface area (Å²) in [4.78, 5) is 70.0. The maximum atomic E-state index is 13.6. The van der Waals surface area contributed by atoms with Gasteiger partial charge in [-0.25, -0.2) is 19.6 Å². The van der Waals surface area contributed by atoms with E-state index in [-0.39, 0.29) is 36.7 Å². The van der Waals surface area contributed by atoms with Crippen LogP contribution in [0.5, 0.6) is 0 Å². The van der Waals surface area contributed by atoms with Crippen LogP contribution in [0.1, 0.15) is 64.3 Å². The van der Waals surface area contributed by atoms with Crippen molar-refractivity contribution in [3.63, 3.8) is 0 Å². The second-order valence-electron chi connectivity index (χ2n) is 15.0. The summed E-state index contributed by atoms with van der Waals surface area (Å²) >= 11 is 0. The molecule has 2 saturated heterocycles. The lowest BCUT2D eigenvalue weighted by molar-refractivity contribution is -0.136. The summed E-state index contributed by atoms with van der Waals surface area (Å²) in [5.41, 5.74) is 5.29. The number of nitrogens with zero attached hydrogens (tertiary/aromatic N) is 4. The highest BCUT2D eigenvalue weighted by Crippen LogP contribution is 2.35. The van der Waals surface area contributed by atoms with Crippen molar-refractivity contribution in [2.24, 2.45) is 11.8 Å². The Labute approximate surface area is 325 Å². The topological polar surface area (TPSA) is 215 Å². The number of alkyl carbamates (subject to hydrolysis) is 2. The summed E-state index contributed by atoms with van der Waals surface area (Å²) < 4.78 is 9.44. The summed E-state index contributed by atoms with van der Waals surface area (Å²) in [5.74, 6) is 0.0612. The zero-order chi connectivity index (χ0) is 40.3. The van der Waals surface area contributed by atoms with Gasteiger partial charge in [0.2, 0.25) is 11.8 Å². The van der Waals surface area contributed by atoms with E-state index in [2.05, 4.69) is 30.6 Å². The van der Waals surface area contributed by atoms with Crippen LogP contribution in [0, 0.1) is 11.8 Å². The Hall–Kier alpha value is -5.74. The standard InChI is InChI=1S/C40H50N8O8/c1-21(2)33(45-39(53)55-5)37(51)47-19-27(49)15-31(47)35-41-17-29(43-35)25-11-7-23(8-12-25)24-9-13-26(14-10-24)30-18-42-36(44-30)32-16-28(50)20-48(32)38(52)34(22(3)4)46-40(54)56-6/h7-14,17-18,21-22,27-28,31-34,49-50H,15-16,19-20H2,1-6H3,(H,41,43)(H,42,44)(H,45,53)(H,46,54)/t27-,28-,31-,32-,33-,34?/m0/s1. The average Bonchev–Trinajstić information content (AvgIpc) is 4.02. The Morgan fingerprint density at radius 1 is 0.643 bits per heavy atom. The van der Waals surface area contributed by atoms with Crippen molar-refractivity contribution in [1.29, 1.82) is 0 Å². The van der Waals surface area contributed by atoms with Crippen molar-refractivity contribution in [2.75, 3.05) is 27.3 Å². The Balaban J connectivity index is 1.13. The van der Waals surface area contributed by atoms with Crippen molar-refractivity contribution in [2.45, 2.75) is 76.9 Å². The lowest BCUT2D eigenvalue weighted by Gasteiger charge is -2.29. The van der Waals surface area contributed by atoms with Crippen LogP contribution in [0.2, 0.25) is 0 Å². The SMILES string of the molecule is COC(=O)NC(C(=O)N1C[C@@H](O)C[C@H]1c1ncc(-c2ccc(-c3ccc(-c4cnc([C@@H]5C[C@H](O)CN5C(=O)[C@@H](NC(=O)OC)C(C)C)[nH]4)cc3)cc2)[nH]1)C(C)C. The number of carbonyl (C=O) groups is 4. The van der Waals surface area contributed by atoms with Crippen LogP contribution in [-0.2, 0) is 19.1 Å². The Morgan fingerprint density at radius 3 is 1.30 bits per heavy atom. The zero-order valence-corrected chi connectivity index (χ0v) is 32.4. The molecule has 2 fully saturated rings. The third-order valence-electron chi connectivity index (χ3n) is 10.5. The van der Waals surface area contributed by atoms with Gasteiger partial charge in [0, 0.05) is 25.9 Å². The second kappa shape index (κ2) is 17.0. The smallest absolute Gasteiger partial charge is 0.407 e. The van der Waals surface area contributed by atoms with Gasteiger partial charge in [0.25, 0.3) is 0 Å². The molecule has 16 nitrogen and oxygen atoms in total. The fourth-order valence-electron chi connectivity index (χ4n) is 7.38. The van der Waals surface area contributed by atoms with Crippen molar-refractivity contribution < 1.29 is 38.9 Å². The molecule has 2 aliphatic heterocycles. The van der Waals surface area contributed by atoms with Crippen LogP contribution in [0.3, 0.4) is 0 Å². The fraction of sp³-hybridized carbons (Fsp3) is 0.450. The van der Waals surface area contributed by atoms with Crippen LogP contribution < -0.4 is 10.6 Å². The number of carbonyl (C=O) groups excluding carboxylic acids is 4. The van der Waals surface area contributed by atoms with E-state index < -0.39 is 48.6 Å². The number of aliphatic hydroxyl groups excluding tert-OH is 2. The van der Waals surface area contributed by atoms with E-state index in [1.807, 2.05) is 76.2 Å². The fourth-order valence-corrected chi connectivity index (χ4v) is 7.38. The van der Waals surface area contributed by atoms with E-state index in [4.69, 9.17) is 9.47 Å². The quantitative estimate of drug-likeness (QED) is 0.128. The van der Waals surface area contributed by atoms with Crippen molar-refractivity contribution in [1.82, 2.24) is 40.4 Å². The molecule has 6 rings (SSSR count). The Bertz CT molecular complexity index is 1870. The molecule has 56 heavy (non-hydrogen) atoms. The first-order chi connectivity index (χ1) is 26.8. The lowest BCUT2D eigenvalue weighted by Crippen LogP contribution is -2.51. The van der Waals surface area contributed by atoms with E-state index in [0.717, 1.165) is 33.6 Å². The number of β-amino-alcohol motifs (C(OH)–C–C–N with tert-alkyl or cyclic N) is 2. The molecule has 0 saturated carbocycles. The maximum absolute atomic E-state index is 13.6. The first-order valence-corrected chi connectivity index (χ1v) is 18.7. The number of ether oxygens (including phenoxy) is 2. The van der Waals surface area contributed by atoms with E-state index >= 15 is 0 Å². The highest BCUT2D eigenvalue weighted by molar-refractivity contribution is 5.87. The van der Waals surface area contributed by atoms with Crippen LogP contribution in [-0.4, -0.2) is 116 Å². The molecular formula is C40H50N8O8. The van der Waals surface area contributed by atoms with Crippen molar-refractivity contribution in [3.8, 4) is 33.6 Å². The summed E-state index contributed by atoms with van der Waals surface area (Å²) in [6.45, 7) is 7.59. The minimum atomic E-state index is -0.819. The molecule has 2 aliphatic rings. The molecule has 0 aliphatic carbocycles. The van der Waals surface area contributed by atoms with Gasteiger partial charge in [-0.15, -0.1) is 0 Å². The number of rotatable bonds is 11. The molecule has 298 valence electrons. The molecule has 0 spiro atoms. The number of imidazole rings is 2. The molecule has 2 aromatic heterocycles. The van der Waals surface area contributed by atoms with Gasteiger partial charge in [-0.3, -0.25) is 9.59 Å². The molecule has 6 N–H and O–H groups in total. The second-order valence-corrected chi connectivity index (χ2v) is 15.0. The normalized spacial score (nSPS) is 20.6. The van der Waals surface area contributed by atoms with Gasteiger partial charge < -0.3 is 50.1 Å². The van der Waals surface area contributed by atoms with E-state index in [9.17, 15) is 29.4 Å². The summed E-state index contributed by atoms with van der Waals surface area (Å²) in [7, 11) is 2.49. The first-order valence-electron chi connectivity index (χ1n) is 18.7. The molecule has 2 aromatic carbocycles. The van der Waals surface area contributed by atoms with Gasteiger partial charge in [-0.05, 0) is 34.1 Å². The molecule has 6 atom stereocenters. The average molecular weight is 771 g/mol. The number of hydrogen-bond donors (Lipinski definition) is 6. The highest BCUT2D eigenvalue weighted by atomic mass is 16.5. The van der Waals surface area contributed by atoms with Gasteiger partial charge >= 0.3 is 12.2 Å². The number of likely N-dealkylation sites (tertiary alicyclic amines) is 2. The number of aromatic nitrogens is 4. The summed E-state index contributed by atoms with van der Waals surface area (Å²) in [6.07, 6.45) is 1.19. The third-order valence-corrected chi connectivity index (χ3v) is 10.5. The minimum Gasteiger partial charge on any atom is -0.453 e. The van der Waals surface area contributed by atoms with Gasteiger partial charge in [0.15, 0.2) is 0 Å².